The lowest BCUT2D eigenvalue weighted by atomic mass is 10.2. The number of nitrogens with one attached hydrogen (secondary N) is 1. The predicted octanol–water partition coefficient (Wildman–Crippen LogP) is 3.81. The lowest BCUT2D eigenvalue weighted by Gasteiger charge is -2.11. The molecule has 1 N–H and O–H groups in total. The van der Waals surface area contributed by atoms with E-state index in [2.05, 4.69) is 9.71 Å². The van der Waals surface area contributed by atoms with Gasteiger partial charge in [0.2, 0.25) is 15.9 Å². The molecule has 0 bridgehead atoms. The van der Waals surface area contributed by atoms with Crippen LogP contribution in [-0.4, -0.2) is 20.5 Å². The molecule has 0 unspecified atom stereocenters. The van der Waals surface area contributed by atoms with Gasteiger partial charge in [-0.15, -0.1) is 0 Å². The van der Waals surface area contributed by atoms with Gasteiger partial charge in [0.25, 0.3) is 0 Å². The maximum Gasteiger partial charge on any atom is 0.241 e. The Hall–Kier alpha value is -2.97. The summed E-state index contributed by atoms with van der Waals surface area (Å²) in [5.41, 5.74) is 1.25. The van der Waals surface area contributed by atoms with Crippen LogP contribution in [0.3, 0.4) is 0 Å². The zero-order valence-corrected chi connectivity index (χ0v) is 16.2. The first-order valence-electron chi connectivity index (χ1n) is 8.40. The maximum absolute atomic E-state index is 13.0. The molecule has 0 saturated carbocycles. The van der Waals surface area contributed by atoms with E-state index < -0.39 is 10.0 Å². The van der Waals surface area contributed by atoms with Gasteiger partial charge in [-0.3, -0.25) is 0 Å². The first-order chi connectivity index (χ1) is 13.4. The summed E-state index contributed by atoms with van der Waals surface area (Å²) in [5, 5.41) is 0. The number of aryl methyl sites for hydroxylation is 1. The second kappa shape index (κ2) is 8.37. The third-order valence-corrected chi connectivity index (χ3v) is 5.53. The highest BCUT2D eigenvalue weighted by Crippen LogP contribution is 2.22. The summed E-state index contributed by atoms with van der Waals surface area (Å²) in [6, 6.07) is 13.6. The summed E-state index contributed by atoms with van der Waals surface area (Å²) in [6.45, 7) is 1.77. The van der Waals surface area contributed by atoms with E-state index in [1.807, 2.05) is 0 Å². The number of aromatic nitrogens is 1. The van der Waals surface area contributed by atoms with Gasteiger partial charge in [0.1, 0.15) is 17.3 Å². The van der Waals surface area contributed by atoms with Gasteiger partial charge < -0.3 is 9.47 Å². The molecular weight excluding hydrogens is 383 g/mol. The number of halogens is 1. The minimum absolute atomic E-state index is 0.0656. The maximum atomic E-state index is 13.0. The van der Waals surface area contributed by atoms with Crippen LogP contribution in [0.25, 0.3) is 0 Å². The SMILES string of the molecule is COc1ccc(S(=O)(=O)NCc2ccnc(Oc3ccc(F)cc3)c2)c(C)c1. The van der Waals surface area contributed by atoms with Crippen LogP contribution in [0.1, 0.15) is 11.1 Å². The van der Waals surface area contributed by atoms with Crippen molar-refractivity contribution in [2.45, 2.75) is 18.4 Å². The van der Waals surface area contributed by atoms with Crippen molar-refractivity contribution in [2.24, 2.45) is 0 Å². The van der Waals surface area contributed by atoms with Crippen molar-refractivity contribution in [3.05, 3.63) is 77.7 Å². The summed E-state index contributed by atoms with van der Waals surface area (Å²) in [5.74, 6) is 0.940. The summed E-state index contributed by atoms with van der Waals surface area (Å²) < 4.78 is 51.4. The Labute approximate surface area is 163 Å². The largest absolute Gasteiger partial charge is 0.497 e. The van der Waals surface area contributed by atoms with Gasteiger partial charge in [0.05, 0.1) is 12.0 Å². The topological polar surface area (TPSA) is 77.5 Å². The van der Waals surface area contributed by atoms with E-state index in [-0.39, 0.29) is 23.1 Å². The van der Waals surface area contributed by atoms with Crippen molar-refractivity contribution in [1.82, 2.24) is 9.71 Å². The van der Waals surface area contributed by atoms with Crippen LogP contribution in [0.4, 0.5) is 4.39 Å². The first kappa shape index (κ1) is 19.8. The molecule has 6 nitrogen and oxygen atoms in total. The number of sulfonamides is 1. The Kier molecular flexibility index (Phi) is 5.91. The van der Waals surface area contributed by atoms with Crippen molar-refractivity contribution >= 4 is 10.0 Å². The van der Waals surface area contributed by atoms with Crippen LogP contribution in [-0.2, 0) is 16.6 Å². The normalized spacial score (nSPS) is 11.2. The Morgan fingerprint density at radius 3 is 2.43 bits per heavy atom. The van der Waals surface area contributed by atoms with Crippen LogP contribution in [0.2, 0.25) is 0 Å². The van der Waals surface area contributed by atoms with Crippen molar-refractivity contribution in [3.8, 4) is 17.4 Å². The Morgan fingerprint density at radius 1 is 1.04 bits per heavy atom. The lowest BCUT2D eigenvalue weighted by Crippen LogP contribution is -2.24. The number of rotatable bonds is 7. The van der Waals surface area contributed by atoms with Gasteiger partial charge in [-0.1, -0.05) is 0 Å². The van der Waals surface area contributed by atoms with E-state index >= 15 is 0 Å². The molecule has 1 heterocycles. The zero-order valence-electron chi connectivity index (χ0n) is 15.3. The molecular formula is C20H19FN2O4S. The first-order valence-corrected chi connectivity index (χ1v) is 9.88. The molecule has 8 heteroatoms. The molecule has 0 radical (unpaired) electrons. The highest BCUT2D eigenvalue weighted by Gasteiger charge is 2.17. The monoisotopic (exact) mass is 402 g/mol. The van der Waals surface area contributed by atoms with Crippen LogP contribution >= 0.6 is 0 Å². The molecule has 0 atom stereocenters. The summed E-state index contributed by atoms with van der Waals surface area (Å²) in [4.78, 5) is 4.27. The van der Waals surface area contributed by atoms with Gasteiger partial charge in [-0.25, -0.2) is 22.5 Å². The van der Waals surface area contributed by atoms with Gasteiger partial charge >= 0.3 is 0 Å². The molecule has 0 aliphatic heterocycles. The number of hydrogen-bond donors (Lipinski definition) is 1. The van der Waals surface area contributed by atoms with Gasteiger partial charge in [-0.2, -0.15) is 0 Å². The number of pyridine rings is 1. The number of hydrogen-bond acceptors (Lipinski definition) is 5. The van der Waals surface area contributed by atoms with Gasteiger partial charge in [0, 0.05) is 18.8 Å². The number of benzene rings is 2. The molecule has 2 aromatic carbocycles. The van der Waals surface area contributed by atoms with Crippen LogP contribution in [0, 0.1) is 12.7 Å². The molecule has 0 aliphatic rings. The molecule has 3 rings (SSSR count). The second-order valence-electron chi connectivity index (χ2n) is 6.01. The second-order valence-corrected chi connectivity index (χ2v) is 7.75. The zero-order chi connectivity index (χ0) is 20.1. The fraction of sp³-hybridized carbons (Fsp3) is 0.150. The highest BCUT2D eigenvalue weighted by atomic mass is 32.2. The predicted molar refractivity (Wildman–Crippen MR) is 102 cm³/mol. The number of methoxy groups -OCH3 is 1. The summed E-state index contributed by atoms with van der Waals surface area (Å²) in [6.07, 6.45) is 1.52. The molecule has 0 spiro atoms. The van der Waals surface area contributed by atoms with Gasteiger partial charge in [-0.05, 0) is 66.6 Å². The summed E-state index contributed by atoms with van der Waals surface area (Å²) in [7, 11) is -2.18. The quantitative estimate of drug-likeness (QED) is 0.650. The molecule has 1 aromatic heterocycles. The fourth-order valence-electron chi connectivity index (χ4n) is 2.55. The molecule has 0 aliphatic carbocycles. The molecule has 0 saturated heterocycles. The van der Waals surface area contributed by atoms with Crippen LogP contribution < -0.4 is 14.2 Å². The van der Waals surface area contributed by atoms with Crippen molar-refractivity contribution < 1.29 is 22.3 Å². The minimum Gasteiger partial charge on any atom is -0.497 e. The Morgan fingerprint density at radius 2 is 1.75 bits per heavy atom. The van der Waals surface area contributed by atoms with E-state index in [4.69, 9.17) is 9.47 Å². The molecule has 146 valence electrons. The number of nitrogens with zero attached hydrogens (tertiary/aromatic N) is 1. The highest BCUT2D eigenvalue weighted by molar-refractivity contribution is 7.89. The van der Waals surface area contributed by atoms with Crippen molar-refractivity contribution in [2.75, 3.05) is 7.11 Å². The van der Waals surface area contributed by atoms with E-state index in [0.29, 0.717) is 22.6 Å². The smallest absolute Gasteiger partial charge is 0.241 e. The Balaban J connectivity index is 1.71. The molecule has 28 heavy (non-hydrogen) atoms. The lowest BCUT2D eigenvalue weighted by molar-refractivity contribution is 0.414. The molecule has 0 fully saturated rings. The fourth-order valence-corrected chi connectivity index (χ4v) is 3.79. The third kappa shape index (κ3) is 4.85. The summed E-state index contributed by atoms with van der Waals surface area (Å²) >= 11 is 0. The number of ether oxygens (including phenoxy) is 2. The van der Waals surface area contributed by atoms with Crippen LogP contribution in [0.5, 0.6) is 17.4 Å². The standard InChI is InChI=1S/C20H19FN2O4S/c1-14-11-18(26-2)7-8-19(14)28(24,25)23-13-15-9-10-22-20(12-15)27-17-5-3-16(21)4-6-17/h3-12,23H,13H2,1-2H3. The van der Waals surface area contributed by atoms with Crippen molar-refractivity contribution in [3.63, 3.8) is 0 Å². The van der Waals surface area contributed by atoms with E-state index in [1.54, 1.807) is 31.2 Å². The van der Waals surface area contributed by atoms with Crippen molar-refractivity contribution in [1.29, 1.82) is 0 Å². The average Bonchev–Trinajstić information content (AvgIpc) is 2.68. The Bertz CT molecular complexity index is 1070. The average molecular weight is 402 g/mol. The van der Waals surface area contributed by atoms with Gasteiger partial charge in [0.15, 0.2) is 0 Å². The van der Waals surface area contributed by atoms with Crippen LogP contribution in [0.15, 0.2) is 65.7 Å². The van der Waals surface area contributed by atoms with E-state index in [9.17, 15) is 12.8 Å². The van der Waals surface area contributed by atoms with E-state index in [1.165, 1.54) is 43.6 Å². The van der Waals surface area contributed by atoms with E-state index in [0.717, 1.165) is 0 Å². The third-order valence-electron chi connectivity index (χ3n) is 3.97. The minimum atomic E-state index is -3.70. The molecule has 3 aromatic rings. The molecule has 0 amide bonds.